The lowest BCUT2D eigenvalue weighted by Crippen LogP contribution is -2.38. The average molecular weight is 247 g/mol. The van der Waals surface area contributed by atoms with E-state index in [0.717, 1.165) is 0 Å². The first-order valence-corrected chi connectivity index (χ1v) is 5.10. The van der Waals surface area contributed by atoms with Crippen molar-refractivity contribution in [3.63, 3.8) is 0 Å². The molecule has 0 aliphatic heterocycles. The second kappa shape index (κ2) is 6.50. The molecule has 0 aromatic carbocycles. The summed E-state index contributed by atoms with van der Waals surface area (Å²) in [7, 11) is 0. The molecule has 0 saturated carbocycles. The van der Waals surface area contributed by atoms with Crippen LogP contribution in [0.3, 0.4) is 0 Å². The Balaban J connectivity index is 0.00000225. The number of amides is 1. The van der Waals surface area contributed by atoms with Gasteiger partial charge < -0.3 is 11.1 Å². The summed E-state index contributed by atoms with van der Waals surface area (Å²) in [5.41, 5.74) is 5.85. The van der Waals surface area contributed by atoms with Crippen LogP contribution in [0.15, 0.2) is 12.3 Å². The van der Waals surface area contributed by atoms with Crippen molar-refractivity contribution in [1.29, 1.82) is 0 Å². The fourth-order valence-electron chi connectivity index (χ4n) is 1.10. The summed E-state index contributed by atoms with van der Waals surface area (Å²) in [5, 5.41) is 6.92. The van der Waals surface area contributed by atoms with E-state index >= 15 is 0 Å². The van der Waals surface area contributed by atoms with Gasteiger partial charge in [-0.1, -0.05) is 0 Å². The Morgan fingerprint density at radius 1 is 1.56 bits per heavy atom. The number of nitrogens with one attached hydrogen (secondary N) is 1. The summed E-state index contributed by atoms with van der Waals surface area (Å²) in [5.74, 6) is -0.174. The van der Waals surface area contributed by atoms with Crippen molar-refractivity contribution in [2.45, 2.75) is 32.9 Å². The zero-order valence-electron chi connectivity index (χ0n) is 9.80. The third-order valence-corrected chi connectivity index (χ3v) is 2.10. The first-order valence-electron chi connectivity index (χ1n) is 5.10. The van der Waals surface area contributed by atoms with E-state index in [1.165, 1.54) is 0 Å². The predicted molar refractivity (Wildman–Crippen MR) is 65.8 cm³/mol. The van der Waals surface area contributed by atoms with Gasteiger partial charge >= 0.3 is 0 Å². The van der Waals surface area contributed by atoms with Crippen LogP contribution in [0, 0.1) is 0 Å². The predicted octanol–water partition coefficient (Wildman–Crippen LogP) is 0.963. The number of rotatable bonds is 4. The van der Waals surface area contributed by atoms with Gasteiger partial charge in [0.1, 0.15) is 5.69 Å². The van der Waals surface area contributed by atoms with Crippen LogP contribution in [-0.2, 0) is 0 Å². The van der Waals surface area contributed by atoms with Gasteiger partial charge in [-0.2, -0.15) is 5.10 Å². The Bertz CT molecular complexity index is 337. The van der Waals surface area contributed by atoms with Crippen molar-refractivity contribution in [3.8, 4) is 0 Å². The Labute approximate surface area is 102 Å². The highest BCUT2D eigenvalue weighted by atomic mass is 35.5. The summed E-state index contributed by atoms with van der Waals surface area (Å²) in [4.78, 5) is 11.6. The normalized spacial score (nSPS) is 12.1. The zero-order valence-corrected chi connectivity index (χ0v) is 10.6. The van der Waals surface area contributed by atoms with Crippen LogP contribution >= 0.6 is 12.4 Å². The molecule has 1 heterocycles. The van der Waals surface area contributed by atoms with Crippen molar-refractivity contribution in [1.82, 2.24) is 15.1 Å². The molecule has 16 heavy (non-hydrogen) atoms. The summed E-state index contributed by atoms with van der Waals surface area (Å²) >= 11 is 0. The van der Waals surface area contributed by atoms with Gasteiger partial charge in [0, 0.05) is 24.8 Å². The second-order valence-electron chi connectivity index (χ2n) is 3.88. The minimum absolute atomic E-state index is 0. The average Bonchev–Trinajstić information content (AvgIpc) is 2.66. The van der Waals surface area contributed by atoms with E-state index in [1.807, 2.05) is 20.8 Å². The Morgan fingerprint density at radius 3 is 2.62 bits per heavy atom. The van der Waals surface area contributed by atoms with Crippen LogP contribution in [0.4, 0.5) is 0 Å². The van der Waals surface area contributed by atoms with Crippen molar-refractivity contribution in [2.24, 2.45) is 5.73 Å². The van der Waals surface area contributed by atoms with Crippen molar-refractivity contribution in [2.75, 3.05) is 6.54 Å². The van der Waals surface area contributed by atoms with Crippen LogP contribution in [-0.4, -0.2) is 28.3 Å². The Hall–Kier alpha value is -1.07. The molecule has 0 spiro atoms. The fourth-order valence-corrected chi connectivity index (χ4v) is 1.10. The largest absolute Gasteiger partial charge is 0.347 e. The molecule has 6 heteroatoms. The third kappa shape index (κ3) is 3.83. The van der Waals surface area contributed by atoms with Crippen molar-refractivity contribution < 1.29 is 4.79 Å². The highest BCUT2D eigenvalue weighted by molar-refractivity contribution is 5.92. The lowest BCUT2D eigenvalue weighted by molar-refractivity contribution is 0.0935. The molecule has 0 bridgehead atoms. The maximum Gasteiger partial charge on any atom is 0.272 e. The topological polar surface area (TPSA) is 72.9 Å². The second-order valence-corrected chi connectivity index (χ2v) is 3.88. The van der Waals surface area contributed by atoms with E-state index < -0.39 is 0 Å². The standard InChI is InChI=1S/C10H18N4O.ClH/c1-7(2)14-5-4-9(13-14)10(15)12-8(3)6-11;/h4-5,7-8H,6,11H2,1-3H3,(H,12,15);1H/t8-;/m1./s1. The number of halogens is 1. The van der Waals surface area contributed by atoms with E-state index in [1.54, 1.807) is 16.9 Å². The van der Waals surface area contributed by atoms with Gasteiger partial charge in [-0.05, 0) is 26.8 Å². The number of aromatic nitrogens is 2. The minimum Gasteiger partial charge on any atom is -0.347 e. The highest BCUT2D eigenvalue weighted by Crippen LogP contribution is 2.04. The molecule has 92 valence electrons. The summed E-state index contributed by atoms with van der Waals surface area (Å²) in [6, 6.07) is 1.94. The minimum atomic E-state index is -0.174. The quantitative estimate of drug-likeness (QED) is 0.831. The number of carbonyl (C=O) groups is 1. The number of hydrogen-bond acceptors (Lipinski definition) is 3. The Morgan fingerprint density at radius 2 is 2.19 bits per heavy atom. The maximum atomic E-state index is 11.6. The van der Waals surface area contributed by atoms with Gasteiger partial charge in [-0.3, -0.25) is 9.48 Å². The molecule has 3 N–H and O–H groups in total. The SMILES string of the molecule is CC(C)n1ccc(C(=O)N[C@H](C)CN)n1.Cl. The van der Waals surface area contributed by atoms with E-state index in [2.05, 4.69) is 10.4 Å². The lowest BCUT2D eigenvalue weighted by atomic mass is 10.3. The molecule has 5 nitrogen and oxygen atoms in total. The summed E-state index contributed by atoms with van der Waals surface area (Å²) < 4.78 is 1.75. The lowest BCUT2D eigenvalue weighted by Gasteiger charge is -2.09. The smallest absolute Gasteiger partial charge is 0.272 e. The monoisotopic (exact) mass is 246 g/mol. The molecular weight excluding hydrogens is 228 g/mol. The number of nitrogens with two attached hydrogens (primary N) is 1. The molecule has 0 saturated heterocycles. The van der Waals surface area contributed by atoms with Gasteiger partial charge in [-0.25, -0.2) is 0 Å². The molecule has 0 aliphatic rings. The number of hydrogen-bond donors (Lipinski definition) is 2. The van der Waals surface area contributed by atoms with Crippen LogP contribution in [0.1, 0.15) is 37.3 Å². The molecule has 1 rings (SSSR count). The van der Waals surface area contributed by atoms with Gasteiger partial charge in [0.15, 0.2) is 0 Å². The Kier molecular flexibility index (Phi) is 6.06. The zero-order chi connectivity index (χ0) is 11.4. The van der Waals surface area contributed by atoms with Crippen LogP contribution < -0.4 is 11.1 Å². The molecule has 1 aromatic rings. The van der Waals surface area contributed by atoms with E-state index in [0.29, 0.717) is 12.2 Å². The summed E-state index contributed by atoms with van der Waals surface area (Å²) in [6.07, 6.45) is 1.80. The van der Waals surface area contributed by atoms with Gasteiger partial charge in [0.25, 0.3) is 5.91 Å². The van der Waals surface area contributed by atoms with Gasteiger partial charge in [-0.15, -0.1) is 12.4 Å². The first-order chi connectivity index (χ1) is 7.04. The number of carbonyl (C=O) groups excluding carboxylic acids is 1. The summed E-state index contributed by atoms with van der Waals surface area (Å²) in [6.45, 7) is 6.31. The van der Waals surface area contributed by atoms with Gasteiger partial charge in [0.2, 0.25) is 0 Å². The molecule has 1 amide bonds. The molecule has 0 unspecified atom stereocenters. The molecule has 0 radical (unpaired) electrons. The molecular formula is C10H19ClN4O. The van der Waals surface area contributed by atoms with Gasteiger partial charge in [0.05, 0.1) is 0 Å². The fraction of sp³-hybridized carbons (Fsp3) is 0.600. The molecule has 1 atom stereocenters. The van der Waals surface area contributed by atoms with E-state index in [9.17, 15) is 4.79 Å². The van der Waals surface area contributed by atoms with Crippen molar-refractivity contribution in [3.05, 3.63) is 18.0 Å². The van der Waals surface area contributed by atoms with Crippen LogP contribution in [0.25, 0.3) is 0 Å². The maximum absolute atomic E-state index is 11.6. The first kappa shape index (κ1) is 14.9. The highest BCUT2D eigenvalue weighted by Gasteiger charge is 2.12. The molecule has 0 fully saturated rings. The van der Waals surface area contributed by atoms with E-state index in [-0.39, 0.29) is 30.4 Å². The van der Waals surface area contributed by atoms with E-state index in [4.69, 9.17) is 5.73 Å². The van der Waals surface area contributed by atoms with Crippen molar-refractivity contribution >= 4 is 18.3 Å². The molecule has 0 aliphatic carbocycles. The molecule has 1 aromatic heterocycles. The van der Waals surface area contributed by atoms with Crippen LogP contribution in [0.2, 0.25) is 0 Å². The third-order valence-electron chi connectivity index (χ3n) is 2.10. The van der Waals surface area contributed by atoms with Crippen LogP contribution in [0.5, 0.6) is 0 Å². The number of nitrogens with zero attached hydrogens (tertiary/aromatic N) is 2.